The number of fused-ring (bicyclic) bond motifs is 3. The molecule has 5 aromatic heterocycles. The molecule has 0 aliphatic rings. The summed E-state index contributed by atoms with van der Waals surface area (Å²) in [5.41, 5.74) is 10.0. The zero-order chi connectivity index (χ0) is 45.8. The summed E-state index contributed by atoms with van der Waals surface area (Å²) in [6, 6.07) is 17.9. The van der Waals surface area contributed by atoms with Crippen molar-refractivity contribution in [1.29, 1.82) is 5.26 Å². The number of nitriles is 1. The number of unbranched alkanes of at least 4 members (excludes halogenated alkanes) is 6. The van der Waals surface area contributed by atoms with Crippen LogP contribution >= 0.6 is 56.7 Å². The summed E-state index contributed by atoms with van der Waals surface area (Å²) < 4.78 is 4.80. The fraction of sp³-hybridized carbons (Fsp3) is 0.345. The molecule has 0 amide bonds. The lowest BCUT2D eigenvalue weighted by Crippen LogP contribution is -2.24. The summed E-state index contributed by atoms with van der Waals surface area (Å²) in [4.78, 5) is 21.4. The van der Waals surface area contributed by atoms with E-state index in [1.54, 1.807) is 22.7 Å². The Morgan fingerprint density at radius 2 is 1.52 bits per heavy atom. The van der Waals surface area contributed by atoms with Crippen molar-refractivity contribution >= 4 is 98.8 Å². The second kappa shape index (κ2) is 23.6. The SMILES string of the molecule is C=C(C/C=C\C(=C/C)c1sc(-c2sc(-c3cc4sc5cc(/C=C(\C#N)C(=O)O)sc5c4s3)cc2CCCCCC)cc1CCCCCC)N(C/C(C)=C\C=C/C)c1ccc(C)cc1C. The van der Waals surface area contributed by atoms with E-state index in [2.05, 4.69) is 133 Å². The Kier molecular flexibility index (Phi) is 18.0. The second-order valence-corrected chi connectivity index (χ2v) is 21.9. The predicted octanol–water partition coefficient (Wildman–Crippen LogP) is 18.4. The third-order valence-corrected chi connectivity index (χ3v) is 17.9. The Hall–Kier alpha value is -4.56. The number of carboxylic acids is 1. The number of carbonyl (C=O) groups is 1. The van der Waals surface area contributed by atoms with E-state index in [0.29, 0.717) is 0 Å². The minimum absolute atomic E-state index is 0.242. The van der Waals surface area contributed by atoms with Crippen LogP contribution in [0.4, 0.5) is 5.69 Å². The first kappa shape index (κ1) is 48.9. The average Bonchev–Trinajstić information content (AvgIpc) is 4.11. The van der Waals surface area contributed by atoms with E-state index < -0.39 is 5.97 Å². The standard InChI is InChI=1S/C55H62N2O2S5/c1-9-13-16-18-23-41-31-48(64-51(41)40(12-4)25-20-22-39(8)57(35-37(6)21-15-11-3)45-27-26-36(5)28-38(45)7)52-42(24-19-17-14-10-2)30-46(62-52)47-33-50-54(63-47)53-49(61-50)32-44(60-53)29-43(34-56)55(58)59/h11-12,15,20-21,25-33H,8-10,13-14,16-19,22-24,35H2,1-7H3,(H,58,59)/b15-11-,25-20-,37-21-,40-12+,43-29+. The normalized spacial score (nSPS) is 12.8. The molecule has 0 unspecified atom stereocenters. The van der Waals surface area contributed by atoms with Crippen molar-refractivity contribution in [3.05, 3.63) is 134 Å². The summed E-state index contributed by atoms with van der Waals surface area (Å²) in [5.74, 6) is -1.20. The van der Waals surface area contributed by atoms with Crippen LogP contribution in [0.25, 0.3) is 50.0 Å². The molecule has 0 aliphatic heterocycles. The lowest BCUT2D eigenvalue weighted by Gasteiger charge is -2.28. The van der Waals surface area contributed by atoms with E-state index in [1.165, 1.54) is 135 Å². The first-order chi connectivity index (χ1) is 31.0. The number of hydrogen-bond acceptors (Lipinski definition) is 8. The largest absolute Gasteiger partial charge is 0.477 e. The van der Waals surface area contributed by atoms with Gasteiger partial charge >= 0.3 is 5.97 Å². The minimum Gasteiger partial charge on any atom is -0.477 e. The zero-order valence-corrected chi connectivity index (χ0v) is 42.6. The van der Waals surface area contributed by atoms with Crippen molar-refractivity contribution in [2.75, 3.05) is 11.4 Å². The van der Waals surface area contributed by atoms with Gasteiger partial charge in [0, 0.05) is 63.0 Å². The van der Waals surface area contributed by atoms with Gasteiger partial charge in [0.05, 0.1) is 9.40 Å². The maximum Gasteiger partial charge on any atom is 0.346 e. The van der Waals surface area contributed by atoms with Crippen LogP contribution in [0.3, 0.4) is 0 Å². The van der Waals surface area contributed by atoms with E-state index in [0.717, 1.165) is 41.1 Å². The summed E-state index contributed by atoms with van der Waals surface area (Å²) in [6.45, 7) is 20.8. The Labute approximate surface area is 401 Å². The molecular formula is C55H62N2O2S5. The topological polar surface area (TPSA) is 64.3 Å². The summed E-state index contributed by atoms with van der Waals surface area (Å²) >= 11 is 9.04. The summed E-state index contributed by atoms with van der Waals surface area (Å²) in [6.07, 6.45) is 27.5. The highest BCUT2D eigenvalue weighted by atomic mass is 32.1. The Balaban J connectivity index is 1.33. The molecular weight excluding hydrogens is 881 g/mol. The van der Waals surface area contributed by atoms with Crippen LogP contribution < -0.4 is 4.90 Å². The van der Waals surface area contributed by atoms with E-state index >= 15 is 0 Å². The highest BCUT2D eigenvalue weighted by Crippen LogP contribution is 2.50. The molecule has 4 nitrogen and oxygen atoms in total. The van der Waals surface area contributed by atoms with Crippen molar-refractivity contribution in [2.24, 2.45) is 0 Å². The van der Waals surface area contributed by atoms with Gasteiger partial charge in [-0.1, -0.05) is 119 Å². The number of hydrogen-bond donors (Lipinski definition) is 1. The number of aryl methyl sites for hydroxylation is 4. The number of aliphatic carboxylic acids is 1. The van der Waals surface area contributed by atoms with Crippen LogP contribution in [0, 0.1) is 25.2 Å². The molecule has 6 rings (SSSR count). The molecule has 0 radical (unpaired) electrons. The predicted molar refractivity (Wildman–Crippen MR) is 287 cm³/mol. The Morgan fingerprint density at radius 3 is 2.19 bits per heavy atom. The fourth-order valence-corrected chi connectivity index (χ4v) is 14.7. The number of allylic oxidation sites excluding steroid dienone is 7. The van der Waals surface area contributed by atoms with Crippen LogP contribution in [-0.4, -0.2) is 17.6 Å². The van der Waals surface area contributed by atoms with Gasteiger partial charge in [0.25, 0.3) is 0 Å². The van der Waals surface area contributed by atoms with E-state index in [-0.39, 0.29) is 5.57 Å². The quantitative estimate of drug-likeness (QED) is 0.0301. The molecule has 0 spiro atoms. The van der Waals surface area contributed by atoms with Crippen molar-refractivity contribution < 1.29 is 9.90 Å². The van der Waals surface area contributed by atoms with Gasteiger partial charge in [-0.15, -0.1) is 56.7 Å². The number of nitrogens with zero attached hydrogens (tertiary/aromatic N) is 2. The van der Waals surface area contributed by atoms with E-state index in [4.69, 9.17) is 0 Å². The number of rotatable bonds is 23. The maximum absolute atomic E-state index is 11.5. The Morgan fingerprint density at radius 1 is 0.828 bits per heavy atom. The van der Waals surface area contributed by atoms with Crippen molar-refractivity contribution in [3.63, 3.8) is 0 Å². The fourth-order valence-electron chi connectivity index (χ4n) is 8.00. The maximum atomic E-state index is 11.5. The molecule has 1 aromatic carbocycles. The molecule has 0 aliphatic carbocycles. The Bertz CT molecular complexity index is 2780. The highest BCUT2D eigenvalue weighted by molar-refractivity contribution is 7.40. The molecule has 334 valence electrons. The molecule has 5 heterocycles. The molecule has 6 aromatic rings. The lowest BCUT2D eigenvalue weighted by molar-refractivity contribution is -0.132. The molecule has 1 N–H and O–H groups in total. The lowest BCUT2D eigenvalue weighted by atomic mass is 10.0. The first-order valence-corrected chi connectivity index (χ1v) is 26.8. The van der Waals surface area contributed by atoms with Crippen LogP contribution in [0.1, 0.15) is 124 Å². The monoisotopic (exact) mass is 942 g/mol. The molecule has 9 heteroatoms. The van der Waals surface area contributed by atoms with Gasteiger partial charge in [-0.2, -0.15) is 5.26 Å². The smallest absolute Gasteiger partial charge is 0.346 e. The van der Waals surface area contributed by atoms with Crippen LogP contribution in [0.5, 0.6) is 0 Å². The van der Waals surface area contributed by atoms with Crippen molar-refractivity contribution in [1.82, 2.24) is 0 Å². The second-order valence-electron chi connectivity index (χ2n) is 16.6. The van der Waals surface area contributed by atoms with Crippen LogP contribution in [0.2, 0.25) is 0 Å². The molecule has 0 fully saturated rings. The van der Waals surface area contributed by atoms with Crippen molar-refractivity contribution in [2.45, 2.75) is 119 Å². The van der Waals surface area contributed by atoms with E-state index in [1.807, 2.05) is 46.1 Å². The number of benzene rings is 1. The molecule has 0 atom stereocenters. The van der Waals surface area contributed by atoms with Gasteiger partial charge in [-0.3, -0.25) is 0 Å². The number of thiophene rings is 5. The zero-order valence-electron chi connectivity index (χ0n) is 38.6. The molecule has 64 heavy (non-hydrogen) atoms. The number of carboxylic acid groups (broad SMARTS) is 1. The van der Waals surface area contributed by atoms with Gasteiger partial charge in [0.15, 0.2) is 0 Å². The summed E-state index contributed by atoms with van der Waals surface area (Å²) in [7, 11) is 0. The highest BCUT2D eigenvalue weighted by Gasteiger charge is 2.21. The van der Waals surface area contributed by atoms with Gasteiger partial charge in [-0.25, -0.2) is 4.79 Å². The molecule has 0 saturated heterocycles. The molecule has 0 bridgehead atoms. The van der Waals surface area contributed by atoms with Gasteiger partial charge in [0.1, 0.15) is 11.6 Å². The van der Waals surface area contributed by atoms with Gasteiger partial charge in [0.2, 0.25) is 0 Å². The summed E-state index contributed by atoms with van der Waals surface area (Å²) in [5, 5.41) is 18.8. The van der Waals surface area contributed by atoms with Gasteiger partial charge in [-0.05, 0) is 119 Å². The van der Waals surface area contributed by atoms with Crippen molar-refractivity contribution in [3.8, 4) is 25.6 Å². The third kappa shape index (κ3) is 12.2. The van der Waals surface area contributed by atoms with Gasteiger partial charge < -0.3 is 10.0 Å². The minimum atomic E-state index is -1.20. The van der Waals surface area contributed by atoms with Crippen LogP contribution in [0.15, 0.2) is 102 Å². The molecule has 0 saturated carbocycles. The van der Waals surface area contributed by atoms with E-state index in [9.17, 15) is 15.2 Å². The number of anilines is 1. The third-order valence-electron chi connectivity index (χ3n) is 11.4. The average molecular weight is 943 g/mol. The van der Waals surface area contributed by atoms with Crippen LogP contribution in [-0.2, 0) is 17.6 Å². The first-order valence-electron chi connectivity index (χ1n) is 22.7.